The molecule has 1 atom stereocenters. The van der Waals surface area contributed by atoms with Gasteiger partial charge in [0.25, 0.3) is 5.89 Å². The molecule has 0 aliphatic carbocycles. The molecule has 1 aromatic carbocycles. The van der Waals surface area contributed by atoms with Crippen molar-refractivity contribution >= 4 is 5.69 Å². The second-order valence-corrected chi connectivity index (χ2v) is 5.76. The molecule has 0 amide bonds. The molecule has 0 bridgehead atoms. The largest absolute Gasteiger partial charge is 0.381 e. The molecule has 2 aromatic rings. The zero-order valence-electron chi connectivity index (χ0n) is 12.0. The van der Waals surface area contributed by atoms with Crippen molar-refractivity contribution in [1.29, 1.82) is 0 Å². The molecule has 1 aromatic heterocycles. The summed E-state index contributed by atoms with van der Waals surface area (Å²) >= 11 is 0. The van der Waals surface area contributed by atoms with Gasteiger partial charge in [0.15, 0.2) is 5.82 Å². The Balaban J connectivity index is 1.53. The predicted octanol–water partition coefficient (Wildman–Crippen LogP) is 2.84. The van der Waals surface area contributed by atoms with Gasteiger partial charge in [-0.3, -0.25) is 0 Å². The van der Waals surface area contributed by atoms with Crippen LogP contribution < -0.4 is 4.90 Å². The number of hydrogen-bond donors (Lipinski definition) is 0. The highest BCUT2D eigenvalue weighted by Gasteiger charge is 2.23. The van der Waals surface area contributed by atoms with Crippen LogP contribution in [0.5, 0.6) is 0 Å². The van der Waals surface area contributed by atoms with Gasteiger partial charge < -0.3 is 14.2 Å². The molecule has 2 aliphatic rings. The van der Waals surface area contributed by atoms with Crippen LogP contribution in [0.4, 0.5) is 5.69 Å². The fourth-order valence-electron chi connectivity index (χ4n) is 3.05. The minimum absolute atomic E-state index is 0.284. The van der Waals surface area contributed by atoms with Crippen molar-refractivity contribution in [3.05, 3.63) is 30.1 Å². The van der Waals surface area contributed by atoms with Crippen molar-refractivity contribution in [2.24, 2.45) is 0 Å². The van der Waals surface area contributed by atoms with Crippen LogP contribution in [0.15, 0.2) is 28.8 Å². The number of nitrogens with zero attached hydrogens (tertiary/aromatic N) is 3. The molecule has 4 rings (SSSR count). The molecule has 0 N–H and O–H groups in total. The van der Waals surface area contributed by atoms with E-state index in [0.29, 0.717) is 12.5 Å². The van der Waals surface area contributed by atoms with Gasteiger partial charge in [-0.1, -0.05) is 5.16 Å². The zero-order valence-corrected chi connectivity index (χ0v) is 12.0. The van der Waals surface area contributed by atoms with E-state index < -0.39 is 0 Å². The molecule has 0 radical (unpaired) electrons. The minimum Gasteiger partial charge on any atom is -0.381 e. The molecule has 21 heavy (non-hydrogen) atoms. The van der Waals surface area contributed by atoms with Crippen molar-refractivity contribution in [1.82, 2.24) is 10.1 Å². The lowest BCUT2D eigenvalue weighted by molar-refractivity contribution is 0.192. The first-order valence-electron chi connectivity index (χ1n) is 7.67. The molecule has 5 nitrogen and oxygen atoms in total. The van der Waals surface area contributed by atoms with Crippen LogP contribution in [-0.2, 0) is 4.74 Å². The molecular weight excluding hydrogens is 266 g/mol. The van der Waals surface area contributed by atoms with Crippen LogP contribution in [-0.4, -0.2) is 36.4 Å². The first kappa shape index (κ1) is 12.8. The molecule has 5 heteroatoms. The van der Waals surface area contributed by atoms with Gasteiger partial charge in [-0.15, -0.1) is 0 Å². The Morgan fingerprint density at radius 2 is 1.90 bits per heavy atom. The van der Waals surface area contributed by atoms with Crippen LogP contribution in [0, 0.1) is 0 Å². The quantitative estimate of drug-likeness (QED) is 0.868. The van der Waals surface area contributed by atoms with E-state index in [2.05, 4.69) is 39.3 Å². The Bertz CT molecular complexity index is 596. The van der Waals surface area contributed by atoms with Gasteiger partial charge in [-0.25, -0.2) is 0 Å². The monoisotopic (exact) mass is 285 g/mol. The van der Waals surface area contributed by atoms with Gasteiger partial charge in [0.2, 0.25) is 0 Å². The Morgan fingerprint density at radius 3 is 2.62 bits per heavy atom. The highest BCUT2D eigenvalue weighted by Crippen LogP contribution is 2.27. The fourth-order valence-corrected chi connectivity index (χ4v) is 3.05. The van der Waals surface area contributed by atoms with Gasteiger partial charge in [0, 0.05) is 36.9 Å². The summed E-state index contributed by atoms with van der Waals surface area (Å²) in [6, 6.07) is 8.42. The second kappa shape index (κ2) is 5.48. The summed E-state index contributed by atoms with van der Waals surface area (Å²) in [6.07, 6.45) is 3.56. The van der Waals surface area contributed by atoms with E-state index in [1.54, 1.807) is 0 Å². The normalized spacial score (nSPS) is 22.1. The smallest absolute Gasteiger partial charge is 0.257 e. The first-order chi connectivity index (χ1) is 10.4. The molecule has 0 saturated carbocycles. The predicted molar refractivity (Wildman–Crippen MR) is 79.4 cm³/mol. The Hall–Kier alpha value is -1.88. The highest BCUT2D eigenvalue weighted by molar-refractivity contribution is 5.59. The van der Waals surface area contributed by atoms with Crippen molar-refractivity contribution in [2.75, 3.05) is 31.2 Å². The molecular formula is C16H19N3O2. The molecule has 3 heterocycles. The first-order valence-corrected chi connectivity index (χ1v) is 7.67. The number of benzene rings is 1. The van der Waals surface area contributed by atoms with E-state index in [-0.39, 0.29) is 5.92 Å². The topological polar surface area (TPSA) is 51.4 Å². The summed E-state index contributed by atoms with van der Waals surface area (Å²) in [6.45, 7) is 3.81. The van der Waals surface area contributed by atoms with Gasteiger partial charge in [0.05, 0.1) is 6.61 Å². The fraction of sp³-hybridized carbons (Fsp3) is 0.500. The van der Waals surface area contributed by atoms with Crippen LogP contribution in [0.25, 0.3) is 11.5 Å². The summed E-state index contributed by atoms with van der Waals surface area (Å²) in [4.78, 5) is 6.93. The average molecular weight is 285 g/mol. The molecule has 0 unspecified atom stereocenters. The summed E-state index contributed by atoms with van der Waals surface area (Å²) in [5.74, 6) is 1.65. The van der Waals surface area contributed by atoms with Gasteiger partial charge in [0.1, 0.15) is 0 Å². The average Bonchev–Trinajstić information content (AvgIpc) is 3.27. The van der Waals surface area contributed by atoms with Crippen LogP contribution in [0.2, 0.25) is 0 Å². The SMILES string of the molecule is c1cc(N2CCCC2)ccc1-c1nc([C@H]2CCOC2)no1. The van der Waals surface area contributed by atoms with Crippen molar-refractivity contribution in [3.8, 4) is 11.5 Å². The number of ether oxygens (including phenoxy) is 1. The molecule has 110 valence electrons. The third kappa shape index (κ3) is 2.53. The van der Waals surface area contributed by atoms with Gasteiger partial charge in [-0.05, 0) is 43.5 Å². The summed E-state index contributed by atoms with van der Waals surface area (Å²) < 4.78 is 10.8. The number of rotatable bonds is 3. The van der Waals surface area contributed by atoms with E-state index >= 15 is 0 Å². The maximum Gasteiger partial charge on any atom is 0.257 e. The lowest BCUT2D eigenvalue weighted by Crippen LogP contribution is -2.17. The molecule has 2 saturated heterocycles. The van der Waals surface area contributed by atoms with Crippen LogP contribution >= 0.6 is 0 Å². The van der Waals surface area contributed by atoms with Crippen LogP contribution in [0.3, 0.4) is 0 Å². The number of anilines is 1. The van der Waals surface area contributed by atoms with Gasteiger partial charge >= 0.3 is 0 Å². The third-order valence-corrected chi connectivity index (χ3v) is 4.32. The molecule has 2 aliphatic heterocycles. The highest BCUT2D eigenvalue weighted by atomic mass is 16.5. The van der Waals surface area contributed by atoms with E-state index in [4.69, 9.17) is 9.26 Å². The summed E-state index contributed by atoms with van der Waals surface area (Å²) in [7, 11) is 0. The van der Waals surface area contributed by atoms with E-state index in [0.717, 1.165) is 37.5 Å². The van der Waals surface area contributed by atoms with E-state index in [1.165, 1.54) is 18.5 Å². The van der Waals surface area contributed by atoms with Crippen molar-refractivity contribution < 1.29 is 9.26 Å². The Labute approximate surface area is 123 Å². The molecule has 2 fully saturated rings. The van der Waals surface area contributed by atoms with Crippen LogP contribution in [0.1, 0.15) is 31.0 Å². The van der Waals surface area contributed by atoms with E-state index in [1.807, 2.05) is 0 Å². The Morgan fingerprint density at radius 1 is 1.10 bits per heavy atom. The Kier molecular flexibility index (Phi) is 3.35. The summed E-state index contributed by atoms with van der Waals surface area (Å²) in [5.41, 5.74) is 2.26. The number of aromatic nitrogens is 2. The van der Waals surface area contributed by atoms with Crippen molar-refractivity contribution in [2.45, 2.75) is 25.2 Å². The minimum atomic E-state index is 0.284. The zero-order chi connectivity index (χ0) is 14.1. The number of hydrogen-bond acceptors (Lipinski definition) is 5. The van der Waals surface area contributed by atoms with Gasteiger partial charge in [-0.2, -0.15) is 4.98 Å². The van der Waals surface area contributed by atoms with Crippen molar-refractivity contribution in [3.63, 3.8) is 0 Å². The molecule has 0 spiro atoms. The maximum absolute atomic E-state index is 5.40. The summed E-state index contributed by atoms with van der Waals surface area (Å²) in [5, 5.41) is 4.10. The maximum atomic E-state index is 5.40. The standard InChI is InChI=1S/C16H19N3O2/c1-2-9-19(8-1)14-5-3-12(4-6-14)16-17-15(18-21-16)13-7-10-20-11-13/h3-6,13H,1-2,7-11H2/t13-/m0/s1. The lowest BCUT2D eigenvalue weighted by Gasteiger charge is -2.17. The lowest BCUT2D eigenvalue weighted by atomic mass is 10.1. The third-order valence-electron chi connectivity index (χ3n) is 4.32. The second-order valence-electron chi connectivity index (χ2n) is 5.76. The van der Waals surface area contributed by atoms with E-state index in [9.17, 15) is 0 Å².